The van der Waals surface area contributed by atoms with Crippen molar-refractivity contribution in [2.45, 2.75) is 167 Å². The van der Waals surface area contributed by atoms with E-state index in [1.807, 2.05) is 0 Å². The Morgan fingerprint density at radius 1 is 0.646 bits per heavy atom. The Bertz CT molecular complexity index is 926. The number of carboxylic acids is 1. The summed E-state index contributed by atoms with van der Waals surface area (Å²) >= 11 is 0. The molecule has 0 fully saturated rings. The zero-order valence-corrected chi connectivity index (χ0v) is 30.7. The van der Waals surface area contributed by atoms with Crippen LogP contribution in [-0.2, 0) is 37.5 Å². The first kappa shape index (κ1) is 46.0. The van der Waals surface area contributed by atoms with Crippen molar-refractivity contribution < 1.29 is 47.5 Å². The molecule has 0 saturated heterocycles. The number of phosphoric acid groups is 1. The van der Waals surface area contributed by atoms with Gasteiger partial charge in [0.1, 0.15) is 12.6 Å². The highest BCUT2D eigenvalue weighted by Crippen LogP contribution is 2.43. The highest BCUT2D eigenvalue weighted by molar-refractivity contribution is 7.47. The number of carbonyl (C=O) groups is 3. The molecule has 0 rings (SSSR count). The van der Waals surface area contributed by atoms with E-state index in [0.717, 1.165) is 57.8 Å². The lowest BCUT2D eigenvalue weighted by atomic mass is 10.1. The number of aliphatic carboxylic acids is 1. The third-order valence-electron chi connectivity index (χ3n) is 7.70. The van der Waals surface area contributed by atoms with E-state index in [9.17, 15) is 23.8 Å². The standard InChI is InChI=1S/C36H66NO10P/c1-3-5-7-9-11-12-13-14-15-16-17-18-19-20-22-24-26-28-35(39)47-32(30-45-48(42,43)46-31-33(37)36(40)41)29-44-34(38)27-25-23-21-10-8-6-4-2/h11-12,14-15,32-33H,3-10,13,16-31,37H2,1-2H3,(H,40,41)(H,42,43)/b12-11+,15-14+/t32-,33-/m0/s1. The fourth-order valence-electron chi connectivity index (χ4n) is 4.74. The van der Waals surface area contributed by atoms with Crippen LogP contribution in [0.25, 0.3) is 0 Å². The highest BCUT2D eigenvalue weighted by atomic mass is 31.2. The number of hydrogen-bond acceptors (Lipinski definition) is 9. The van der Waals surface area contributed by atoms with E-state index in [2.05, 4.69) is 42.7 Å². The molecule has 0 saturated carbocycles. The van der Waals surface area contributed by atoms with Gasteiger partial charge in [-0.25, -0.2) is 4.57 Å². The topological polar surface area (TPSA) is 172 Å². The molecule has 0 aromatic heterocycles. The van der Waals surface area contributed by atoms with E-state index in [0.29, 0.717) is 12.8 Å². The first-order valence-electron chi connectivity index (χ1n) is 18.4. The van der Waals surface area contributed by atoms with Gasteiger partial charge in [-0.05, 0) is 44.9 Å². The summed E-state index contributed by atoms with van der Waals surface area (Å²) in [7, 11) is -4.70. The van der Waals surface area contributed by atoms with Crippen molar-refractivity contribution in [2.75, 3.05) is 19.8 Å². The maximum atomic E-state index is 12.5. The quantitative estimate of drug-likeness (QED) is 0.0253. The van der Waals surface area contributed by atoms with Crippen LogP contribution < -0.4 is 5.73 Å². The van der Waals surface area contributed by atoms with Crippen LogP contribution in [0.4, 0.5) is 0 Å². The summed E-state index contributed by atoms with van der Waals surface area (Å²) < 4.78 is 32.4. The van der Waals surface area contributed by atoms with Crippen LogP contribution in [0.2, 0.25) is 0 Å². The van der Waals surface area contributed by atoms with Crippen molar-refractivity contribution in [3.63, 3.8) is 0 Å². The fourth-order valence-corrected chi connectivity index (χ4v) is 5.52. The lowest BCUT2D eigenvalue weighted by Gasteiger charge is -2.20. The zero-order chi connectivity index (χ0) is 35.7. The largest absolute Gasteiger partial charge is 0.480 e. The van der Waals surface area contributed by atoms with Crippen molar-refractivity contribution in [3.8, 4) is 0 Å². The third kappa shape index (κ3) is 31.2. The second-order valence-corrected chi connectivity index (χ2v) is 13.8. The van der Waals surface area contributed by atoms with Gasteiger partial charge in [0.05, 0.1) is 13.2 Å². The number of rotatable bonds is 34. The molecule has 0 heterocycles. The van der Waals surface area contributed by atoms with E-state index in [1.165, 1.54) is 57.8 Å². The Balaban J connectivity index is 4.39. The van der Waals surface area contributed by atoms with E-state index in [-0.39, 0.29) is 19.4 Å². The molecule has 1 unspecified atom stereocenters. The van der Waals surface area contributed by atoms with Gasteiger partial charge in [0.15, 0.2) is 6.10 Å². The van der Waals surface area contributed by atoms with Crippen LogP contribution in [0.15, 0.2) is 24.3 Å². The van der Waals surface area contributed by atoms with Gasteiger partial charge >= 0.3 is 25.7 Å². The number of hydrogen-bond donors (Lipinski definition) is 3. The lowest BCUT2D eigenvalue weighted by Crippen LogP contribution is -2.34. The molecule has 280 valence electrons. The monoisotopic (exact) mass is 703 g/mol. The summed E-state index contributed by atoms with van der Waals surface area (Å²) in [6.07, 6.45) is 29.8. The van der Waals surface area contributed by atoms with Gasteiger partial charge in [0.2, 0.25) is 0 Å². The Labute approximate surface area is 290 Å². The molecular weight excluding hydrogens is 637 g/mol. The molecule has 48 heavy (non-hydrogen) atoms. The van der Waals surface area contributed by atoms with Crippen LogP contribution in [0, 0.1) is 0 Å². The summed E-state index contributed by atoms with van der Waals surface area (Å²) in [5.74, 6) is -2.40. The number of unbranched alkanes of at least 4 members (excludes halogenated alkanes) is 16. The summed E-state index contributed by atoms with van der Waals surface area (Å²) in [5.41, 5.74) is 5.30. The molecular formula is C36H66NO10P. The smallest absolute Gasteiger partial charge is 0.472 e. The van der Waals surface area contributed by atoms with Crippen molar-refractivity contribution in [3.05, 3.63) is 24.3 Å². The maximum Gasteiger partial charge on any atom is 0.472 e. The van der Waals surface area contributed by atoms with E-state index in [1.54, 1.807) is 0 Å². The summed E-state index contributed by atoms with van der Waals surface area (Å²) in [6, 6.07) is -1.52. The number of allylic oxidation sites excluding steroid dienone is 4. The lowest BCUT2D eigenvalue weighted by molar-refractivity contribution is -0.161. The van der Waals surface area contributed by atoms with Gasteiger partial charge in [0.25, 0.3) is 0 Å². The molecule has 0 amide bonds. The first-order valence-corrected chi connectivity index (χ1v) is 19.9. The molecule has 0 aromatic carbocycles. The highest BCUT2D eigenvalue weighted by Gasteiger charge is 2.28. The second kappa shape index (κ2) is 32.2. The Morgan fingerprint density at radius 3 is 1.67 bits per heavy atom. The van der Waals surface area contributed by atoms with Crippen LogP contribution >= 0.6 is 7.82 Å². The molecule has 0 aliphatic heterocycles. The normalized spacial score (nSPS) is 14.2. The molecule has 3 atom stereocenters. The van der Waals surface area contributed by atoms with Crippen molar-refractivity contribution in [2.24, 2.45) is 5.73 Å². The van der Waals surface area contributed by atoms with Crippen LogP contribution in [-0.4, -0.2) is 59.9 Å². The zero-order valence-electron chi connectivity index (χ0n) is 29.8. The van der Waals surface area contributed by atoms with Gasteiger partial charge in [-0.3, -0.25) is 23.4 Å². The minimum atomic E-state index is -4.70. The van der Waals surface area contributed by atoms with E-state index in [4.69, 9.17) is 24.8 Å². The van der Waals surface area contributed by atoms with E-state index < -0.39 is 51.1 Å². The molecule has 0 aromatic rings. The number of esters is 2. The predicted octanol–water partition coefficient (Wildman–Crippen LogP) is 8.72. The summed E-state index contributed by atoms with van der Waals surface area (Å²) in [6.45, 7) is 2.69. The summed E-state index contributed by atoms with van der Waals surface area (Å²) in [4.78, 5) is 45.5. The van der Waals surface area contributed by atoms with Gasteiger partial charge in [0, 0.05) is 12.8 Å². The fraction of sp³-hybridized carbons (Fsp3) is 0.806. The van der Waals surface area contributed by atoms with Crippen LogP contribution in [0.1, 0.15) is 155 Å². The average Bonchev–Trinajstić information content (AvgIpc) is 3.05. The molecule has 0 spiro atoms. The molecule has 12 heteroatoms. The van der Waals surface area contributed by atoms with Gasteiger partial charge in [-0.1, -0.05) is 122 Å². The minimum absolute atomic E-state index is 0.154. The number of ether oxygens (including phenoxy) is 2. The molecule has 4 N–H and O–H groups in total. The third-order valence-corrected chi connectivity index (χ3v) is 8.65. The average molecular weight is 704 g/mol. The SMILES string of the molecule is CCCCC/C=C/C/C=C/CCCCCCCCCC(=O)O[C@@H](COC(=O)CCCCCCCCC)COP(=O)(O)OC[C@H](N)C(=O)O. The molecule has 0 aliphatic carbocycles. The van der Waals surface area contributed by atoms with Crippen molar-refractivity contribution >= 4 is 25.7 Å². The Morgan fingerprint density at radius 2 is 1.10 bits per heavy atom. The van der Waals surface area contributed by atoms with Gasteiger partial charge in [-0.2, -0.15) is 0 Å². The maximum absolute atomic E-state index is 12.5. The molecule has 0 bridgehead atoms. The molecule has 0 aliphatic rings. The molecule has 0 radical (unpaired) electrons. The number of nitrogens with two attached hydrogens (primary N) is 1. The number of carbonyl (C=O) groups excluding carboxylic acids is 2. The first-order chi connectivity index (χ1) is 23.1. The van der Waals surface area contributed by atoms with Crippen molar-refractivity contribution in [1.29, 1.82) is 0 Å². The summed E-state index contributed by atoms with van der Waals surface area (Å²) in [5, 5.41) is 8.83. The van der Waals surface area contributed by atoms with E-state index >= 15 is 0 Å². The number of phosphoric ester groups is 1. The Hall–Kier alpha value is -2.04. The van der Waals surface area contributed by atoms with Gasteiger partial charge < -0.3 is 25.2 Å². The van der Waals surface area contributed by atoms with Crippen LogP contribution in [0.5, 0.6) is 0 Å². The van der Waals surface area contributed by atoms with Crippen molar-refractivity contribution in [1.82, 2.24) is 0 Å². The van der Waals surface area contributed by atoms with Crippen LogP contribution in [0.3, 0.4) is 0 Å². The van der Waals surface area contributed by atoms with Gasteiger partial charge in [-0.15, -0.1) is 0 Å². The predicted molar refractivity (Wildman–Crippen MR) is 189 cm³/mol. The number of carboxylic acid groups (broad SMARTS) is 1. The minimum Gasteiger partial charge on any atom is -0.480 e. The Kier molecular flexibility index (Phi) is 30.8. The molecule has 11 nitrogen and oxygen atoms in total. The second-order valence-electron chi connectivity index (χ2n) is 12.4.